The maximum atomic E-state index is 13.9. The first-order valence-corrected chi connectivity index (χ1v) is 8.04. The van der Waals surface area contributed by atoms with E-state index in [0.717, 1.165) is 12.1 Å². The van der Waals surface area contributed by atoms with E-state index < -0.39 is 29.0 Å². The predicted octanol–water partition coefficient (Wildman–Crippen LogP) is 4.38. The van der Waals surface area contributed by atoms with E-state index >= 15 is 0 Å². The second kappa shape index (κ2) is 8.58. The molecule has 2 aromatic carbocycles. The van der Waals surface area contributed by atoms with Gasteiger partial charge in [-0.05, 0) is 37.3 Å². The fourth-order valence-electron chi connectivity index (χ4n) is 2.16. The quantitative estimate of drug-likeness (QED) is 0.336. The van der Waals surface area contributed by atoms with Crippen LogP contribution in [0.4, 0.5) is 14.5 Å². The lowest BCUT2D eigenvalue weighted by molar-refractivity contribution is -0.138. The van der Waals surface area contributed by atoms with Crippen molar-refractivity contribution in [3.05, 3.63) is 76.3 Å². The maximum absolute atomic E-state index is 13.9. The lowest BCUT2D eigenvalue weighted by Gasteiger charge is -2.13. The standard InChI is InChI=1S/C19H16ClF2NO3/c1-11(2)19(25)26-9-8-23-16-7-6-12(20)10-13(16)18(24)17-14(21)4-3-5-15(17)22/h3-7,10,23H,1,8-9H2,2H3. The number of nitrogens with one attached hydrogen (secondary N) is 1. The molecule has 1 N–H and O–H groups in total. The number of ether oxygens (including phenoxy) is 1. The molecule has 0 aliphatic rings. The van der Waals surface area contributed by atoms with Gasteiger partial charge in [0, 0.05) is 28.4 Å². The van der Waals surface area contributed by atoms with Crippen molar-refractivity contribution >= 4 is 29.0 Å². The van der Waals surface area contributed by atoms with E-state index in [2.05, 4.69) is 11.9 Å². The lowest BCUT2D eigenvalue weighted by Crippen LogP contribution is -2.16. The first kappa shape index (κ1) is 19.6. The molecule has 0 fully saturated rings. The minimum Gasteiger partial charge on any atom is -0.460 e. The van der Waals surface area contributed by atoms with Gasteiger partial charge >= 0.3 is 5.97 Å². The molecule has 0 saturated heterocycles. The summed E-state index contributed by atoms with van der Waals surface area (Å²) < 4.78 is 32.8. The molecule has 0 amide bonds. The van der Waals surface area contributed by atoms with Crippen molar-refractivity contribution in [1.29, 1.82) is 0 Å². The minimum absolute atomic E-state index is 0.00716. The molecule has 0 aliphatic carbocycles. The van der Waals surface area contributed by atoms with Gasteiger partial charge < -0.3 is 10.1 Å². The third-order valence-electron chi connectivity index (χ3n) is 3.42. The molecule has 0 saturated carbocycles. The third kappa shape index (κ3) is 4.67. The third-order valence-corrected chi connectivity index (χ3v) is 3.65. The minimum atomic E-state index is -0.962. The van der Waals surface area contributed by atoms with Crippen molar-refractivity contribution in [3.8, 4) is 0 Å². The van der Waals surface area contributed by atoms with Crippen LogP contribution in [0.15, 0.2) is 48.6 Å². The number of carbonyl (C=O) groups excluding carboxylic acids is 2. The Labute approximate surface area is 154 Å². The summed E-state index contributed by atoms with van der Waals surface area (Å²) in [6.07, 6.45) is 0. The second-order valence-electron chi connectivity index (χ2n) is 5.46. The van der Waals surface area contributed by atoms with Gasteiger partial charge in [-0.25, -0.2) is 13.6 Å². The van der Waals surface area contributed by atoms with Gasteiger partial charge in [0.2, 0.25) is 5.78 Å². The van der Waals surface area contributed by atoms with Crippen LogP contribution in [0.1, 0.15) is 22.8 Å². The van der Waals surface area contributed by atoms with Crippen LogP contribution >= 0.6 is 11.6 Å². The number of rotatable bonds is 7. The number of esters is 1. The first-order chi connectivity index (χ1) is 12.3. The van der Waals surface area contributed by atoms with Gasteiger partial charge in [0.1, 0.15) is 18.2 Å². The molecule has 0 atom stereocenters. The van der Waals surface area contributed by atoms with Crippen molar-refractivity contribution in [1.82, 2.24) is 0 Å². The summed E-state index contributed by atoms with van der Waals surface area (Å²) in [7, 11) is 0. The normalized spacial score (nSPS) is 10.3. The molecule has 26 heavy (non-hydrogen) atoms. The summed E-state index contributed by atoms with van der Waals surface area (Å²) in [6, 6.07) is 7.54. The van der Waals surface area contributed by atoms with Crippen LogP contribution < -0.4 is 5.32 Å². The van der Waals surface area contributed by atoms with Crippen molar-refractivity contribution in [2.45, 2.75) is 6.92 Å². The molecule has 136 valence electrons. The molecule has 4 nitrogen and oxygen atoms in total. The van der Waals surface area contributed by atoms with Gasteiger partial charge in [0.15, 0.2) is 0 Å². The zero-order chi connectivity index (χ0) is 19.3. The monoisotopic (exact) mass is 379 g/mol. The van der Waals surface area contributed by atoms with Gasteiger partial charge in [-0.1, -0.05) is 24.2 Å². The van der Waals surface area contributed by atoms with Gasteiger partial charge in [-0.15, -0.1) is 0 Å². The highest BCUT2D eigenvalue weighted by Crippen LogP contribution is 2.25. The van der Waals surface area contributed by atoms with Crippen molar-refractivity contribution in [2.75, 3.05) is 18.5 Å². The van der Waals surface area contributed by atoms with Crippen molar-refractivity contribution in [2.24, 2.45) is 0 Å². The van der Waals surface area contributed by atoms with Crippen molar-refractivity contribution in [3.63, 3.8) is 0 Å². The molecule has 0 aliphatic heterocycles. The summed E-state index contributed by atoms with van der Waals surface area (Å²) >= 11 is 5.92. The van der Waals surface area contributed by atoms with E-state index in [1.807, 2.05) is 0 Å². The van der Waals surface area contributed by atoms with Crippen LogP contribution in [0.5, 0.6) is 0 Å². The number of ketones is 1. The summed E-state index contributed by atoms with van der Waals surface area (Å²) in [5, 5.41) is 3.13. The fraction of sp³-hybridized carbons (Fsp3) is 0.158. The summed E-state index contributed by atoms with van der Waals surface area (Å²) in [5.41, 5.74) is -0.0740. The van der Waals surface area contributed by atoms with Crippen LogP contribution in [0.2, 0.25) is 5.02 Å². The molecule has 0 spiro atoms. The second-order valence-corrected chi connectivity index (χ2v) is 5.90. The Hall–Kier alpha value is -2.73. The highest BCUT2D eigenvalue weighted by Gasteiger charge is 2.21. The molecular formula is C19H16ClF2NO3. The Kier molecular flexibility index (Phi) is 6.46. The maximum Gasteiger partial charge on any atom is 0.333 e. The highest BCUT2D eigenvalue weighted by atomic mass is 35.5. The molecule has 0 aromatic heterocycles. The van der Waals surface area contributed by atoms with Gasteiger partial charge in [0.05, 0.1) is 5.56 Å². The molecule has 0 bridgehead atoms. The average Bonchev–Trinajstić information content (AvgIpc) is 2.59. The Morgan fingerprint density at radius 1 is 1.19 bits per heavy atom. The van der Waals surface area contributed by atoms with Crippen LogP contribution in [-0.2, 0) is 9.53 Å². The van der Waals surface area contributed by atoms with E-state index in [0.29, 0.717) is 5.69 Å². The Morgan fingerprint density at radius 2 is 1.85 bits per heavy atom. The number of benzene rings is 2. The van der Waals surface area contributed by atoms with Crippen LogP contribution in [0.25, 0.3) is 0 Å². The Bertz CT molecular complexity index is 848. The van der Waals surface area contributed by atoms with E-state index in [1.54, 1.807) is 0 Å². The summed E-state index contributed by atoms with van der Waals surface area (Å²) in [4.78, 5) is 23.9. The first-order valence-electron chi connectivity index (χ1n) is 7.66. The Balaban J connectivity index is 2.21. The molecule has 7 heteroatoms. The number of anilines is 1. The smallest absolute Gasteiger partial charge is 0.333 e. The molecule has 0 heterocycles. The van der Waals surface area contributed by atoms with E-state index in [1.165, 1.54) is 31.2 Å². The van der Waals surface area contributed by atoms with Gasteiger partial charge in [-0.2, -0.15) is 0 Å². The largest absolute Gasteiger partial charge is 0.460 e. The van der Waals surface area contributed by atoms with Crippen LogP contribution in [0.3, 0.4) is 0 Å². The summed E-state index contributed by atoms with van der Waals surface area (Å²) in [6.45, 7) is 5.19. The zero-order valence-electron chi connectivity index (χ0n) is 13.9. The van der Waals surface area contributed by atoms with Gasteiger partial charge in [0.25, 0.3) is 0 Å². The van der Waals surface area contributed by atoms with E-state index in [9.17, 15) is 18.4 Å². The molecule has 0 radical (unpaired) electrons. The molecular weight excluding hydrogens is 364 g/mol. The lowest BCUT2D eigenvalue weighted by atomic mass is 10.0. The molecule has 2 aromatic rings. The summed E-state index contributed by atoms with van der Waals surface area (Å²) in [5.74, 6) is -3.30. The van der Waals surface area contributed by atoms with Crippen LogP contribution in [0, 0.1) is 11.6 Å². The molecule has 0 unspecified atom stereocenters. The van der Waals surface area contributed by atoms with Gasteiger partial charge in [-0.3, -0.25) is 4.79 Å². The molecule has 2 rings (SSSR count). The number of hydrogen-bond donors (Lipinski definition) is 1. The van der Waals surface area contributed by atoms with E-state index in [4.69, 9.17) is 16.3 Å². The van der Waals surface area contributed by atoms with Crippen LogP contribution in [-0.4, -0.2) is 24.9 Å². The Morgan fingerprint density at radius 3 is 2.46 bits per heavy atom. The fourth-order valence-corrected chi connectivity index (χ4v) is 2.33. The topological polar surface area (TPSA) is 55.4 Å². The highest BCUT2D eigenvalue weighted by molar-refractivity contribution is 6.31. The van der Waals surface area contributed by atoms with Crippen molar-refractivity contribution < 1.29 is 23.1 Å². The number of halogens is 3. The zero-order valence-corrected chi connectivity index (χ0v) is 14.7. The predicted molar refractivity (Wildman–Crippen MR) is 95.5 cm³/mol. The number of carbonyl (C=O) groups is 2. The number of hydrogen-bond acceptors (Lipinski definition) is 4. The average molecular weight is 380 g/mol. The SMILES string of the molecule is C=C(C)C(=O)OCCNc1ccc(Cl)cc1C(=O)c1c(F)cccc1F. The van der Waals surface area contributed by atoms with E-state index in [-0.39, 0.29) is 29.3 Å².